The molecule has 3 heterocycles. The van der Waals surface area contributed by atoms with E-state index in [4.69, 9.17) is 9.84 Å². The van der Waals surface area contributed by atoms with Crippen LogP contribution in [0.25, 0.3) is 0 Å². The molecule has 0 saturated carbocycles. The average molecular weight is 547 g/mol. The summed E-state index contributed by atoms with van der Waals surface area (Å²) in [4.78, 5) is 56.2. The summed E-state index contributed by atoms with van der Waals surface area (Å²) in [5.74, 6) is -2.54. The summed E-state index contributed by atoms with van der Waals surface area (Å²) in [6, 6.07) is 4.53. The minimum Gasteiger partial charge on any atom is -0.465 e. The second kappa shape index (κ2) is 11.5. The standard InChI is InChI=1S/C25H28F2N6O6/c1-14-3-4-16(11-28-14)22(34)30-15(2)23(35)32-7-5-31(6-8-32)21-19(26)9-17(10-20(21)27)33-13-18(39-25(33)38)12-29-24(36)37/h3-4,9-11,15,18,29H,5-8,12-13H2,1-2H3,(H,30,34)(H,36,37)/t15-,18-/m0/s1. The number of pyridine rings is 1. The Hall–Kier alpha value is -4.49. The minimum absolute atomic E-state index is 0.0567. The third-order valence-corrected chi connectivity index (χ3v) is 6.47. The summed E-state index contributed by atoms with van der Waals surface area (Å²) < 4.78 is 35.2. The molecule has 39 heavy (non-hydrogen) atoms. The van der Waals surface area contributed by atoms with Gasteiger partial charge in [-0.1, -0.05) is 0 Å². The van der Waals surface area contributed by atoms with Gasteiger partial charge in [0.15, 0.2) is 11.6 Å². The van der Waals surface area contributed by atoms with E-state index in [9.17, 15) is 19.2 Å². The van der Waals surface area contributed by atoms with Crippen LogP contribution in [0.4, 0.5) is 29.7 Å². The molecule has 14 heteroatoms. The number of piperazine rings is 1. The SMILES string of the molecule is Cc1ccc(C(=O)N[C@@H](C)C(=O)N2CCN(c3c(F)cc(N4C[C@H](CNC(=O)O)OC4=O)cc3F)CC2)cn1. The highest BCUT2D eigenvalue weighted by atomic mass is 19.1. The molecule has 0 unspecified atom stereocenters. The molecule has 0 radical (unpaired) electrons. The fraction of sp³-hybridized carbons (Fsp3) is 0.400. The molecule has 2 aliphatic heterocycles. The number of carbonyl (C=O) groups is 4. The second-order valence-corrected chi connectivity index (χ2v) is 9.26. The number of aromatic nitrogens is 1. The predicted octanol–water partition coefficient (Wildman–Crippen LogP) is 1.73. The molecule has 3 N–H and O–H groups in total. The lowest BCUT2D eigenvalue weighted by Gasteiger charge is -2.37. The maximum atomic E-state index is 15.1. The number of carbonyl (C=O) groups excluding carboxylic acids is 3. The van der Waals surface area contributed by atoms with Crippen LogP contribution in [0.15, 0.2) is 30.5 Å². The highest BCUT2D eigenvalue weighted by Gasteiger charge is 2.34. The molecule has 4 rings (SSSR count). The van der Waals surface area contributed by atoms with Gasteiger partial charge in [-0.2, -0.15) is 0 Å². The number of anilines is 2. The number of aryl methyl sites for hydroxylation is 1. The molecule has 0 spiro atoms. The molecule has 2 aliphatic rings. The Balaban J connectivity index is 1.35. The lowest BCUT2D eigenvalue weighted by molar-refractivity contribution is -0.133. The van der Waals surface area contributed by atoms with E-state index in [1.807, 2.05) is 0 Å². The Kier molecular flexibility index (Phi) is 8.12. The molecule has 208 valence electrons. The van der Waals surface area contributed by atoms with Gasteiger partial charge in [0.1, 0.15) is 17.8 Å². The topological polar surface area (TPSA) is 144 Å². The van der Waals surface area contributed by atoms with Gasteiger partial charge < -0.3 is 30.3 Å². The Morgan fingerprint density at radius 3 is 2.41 bits per heavy atom. The van der Waals surface area contributed by atoms with Gasteiger partial charge in [0.2, 0.25) is 5.91 Å². The van der Waals surface area contributed by atoms with Crippen molar-refractivity contribution in [2.75, 3.05) is 49.1 Å². The van der Waals surface area contributed by atoms with E-state index in [1.54, 1.807) is 26.0 Å². The van der Waals surface area contributed by atoms with Crippen molar-refractivity contribution in [1.82, 2.24) is 20.5 Å². The quantitative estimate of drug-likeness (QED) is 0.476. The van der Waals surface area contributed by atoms with Crippen molar-refractivity contribution in [3.63, 3.8) is 0 Å². The van der Waals surface area contributed by atoms with Gasteiger partial charge in [-0.3, -0.25) is 19.5 Å². The van der Waals surface area contributed by atoms with E-state index in [0.717, 1.165) is 22.7 Å². The fourth-order valence-corrected chi connectivity index (χ4v) is 4.42. The van der Waals surface area contributed by atoms with Gasteiger partial charge in [0.25, 0.3) is 5.91 Å². The summed E-state index contributed by atoms with van der Waals surface area (Å²) in [7, 11) is 0. The first kappa shape index (κ1) is 27.5. The van der Waals surface area contributed by atoms with Crippen molar-refractivity contribution in [2.45, 2.75) is 26.0 Å². The summed E-state index contributed by atoms with van der Waals surface area (Å²) in [5, 5.41) is 13.4. The number of halogens is 2. The number of benzene rings is 1. The zero-order valence-electron chi connectivity index (χ0n) is 21.3. The molecular formula is C25H28F2N6O6. The van der Waals surface area contributed by atoms with Gasteiger partial charge in [-0.25, -0.2) is 18.4 Å². The molecule has 2 aromatic rings. The number of ether oxygens (including phenoxy) is 1. The Bertz CT molecular complexity index is 1250. The van der Waals surface area contributed by atoms with Gasteiger partial charge in [0, 0.05) is 50.2 Å². The first-order valence-electron chi connectivity index (χ1n) is 12.2. The van der Waals surface area contributed by atoms with Gasteiger partial charge in [0.05, 0.1) is 24.3 Å². The fourth-order valence-electron chi connectivity index (χ4n) is 4.42. The Morgan fingerprint density at radius 2 is 1.82 bits per heavy atom. The third-order valence-electron chi connectivity index (χ3n) is 6.47. The van der Waals surface area contributed by atoms with Crippen LogP contribution in [0.5, 0.6) is 0 Å². The summed E-state index contributed by atoms with van der Waals surface area (Å²) in [6.45, 7) is 3.79. The third kappa shape index (κ3) is 6.33. The first-order chi connectivity index (χ1) is 18.5. The Morgan fingerprint density at radius 1 is 1.15 bits per heavy atom. The van der Waals surface area contributed by atoms with Crippen molar-refractivity contribution in [3.8, 4) is 0 Å². The molecular weight excluding hydrogens is 518 g/mol. The molecule has 12 nitrogen and oxygen atoms in total. The molecule has 4 amide bonds. The molecule has 1 aromatic heterocycles. The van der Waals surface area contributed by atoms with Crippen molar-refractivity contribution in [3.05, 3.63) is 53.4 Å². The number of carboxylic acid groups (broad SMARTS) is 1. The first-order valence-corrected chi connectivity index (χ1v) is 12.2. The van der Waals surface area contributed by atoms with Crippen LogP contribution in [0.2, 0.25) is 0 Å². The van der Waals surface area contributed by atoms with Crippen LogP contribution < -0.4 is 20.4 Å². The normalized spacial score (nSPS) is 18.0. The van der Waals surface area contributed by atoms with Crippen molar-refractivity contribution >= 4 is 35.4 Å². The van der Waals surface area contributed by atoms with E-state index in [-0.39, 0.29) is 56.6 Å². The van der Waals surface area contributed by atoms with Crippen molar-refractivity contribution < 1.29 is 37.8 Å². The number of rotatable bonds is 7. The Labute approximate surface area is 222 Å². The van der Waals surface area contributed by atoms with E-state index in [0.29, 0.717) is 5.56 Å². The highest BCUT2D eigenvalue weighted by Crippen LogP contribution is 2.31. The largest absolute Gasteiger partial charge is 0.465 e. The van der Waals surface area contributed by atoms with Crippen LogP contribution in [0.3, 0.4) is 0 Å². The van der Waals surface area contributed by atoms with Crippen molar-refractivity contribution in [1.29, 1.82) is 0 Å². The number of hydrogen-bond acceptors (Lipinski definition) is 7. The van der Waals surface area contributed by atoms with Crippen molar-refractivity contribution in [2.24, 2.45) is 0 Å². The predicted molar refractivity (Wildman–Crippen MR) is 135 cm³/mol. The van der Waals surface area contributed by atoms with E-state index >= 15 is 8.78 Å². The van der Waals surface area contributed by atoms with Gasteiger partial charge in [-0.05, 0) is 26.0 Å². The lowest BCUT2D eigenvalue weighted by atomic mass is 10.1. The summed E-state index contributed by atoms with van der Waals surface area (Å²) >= 11 is 0. The second-order valence-electron chi connectivity index (χ2n) is 9.26. The smallest absolute Gasteiger partial charge is 0.414 e. The average Bonchev–Trinajstić information content (AvgIpc) is 3.27. The van der Waals surface area contributed by atoms with Crippen LogP contribution in [-0.4, -0.2) is 90.4 Å². The summed E-state index contributed by atoms with van der Waals surface area (Å²) in [6.07, 6.45) is -1.50. The molecule has 1 aromatic carbocycles. The molecule has 2 atom stereocenters. The lowest BCUT2D eigenvalue weighted by Crippen LogP contribution is -2.54. The number of cyclic esters (lactones) is 1. The number of amides is 4. The number of nitrogens with one attached hydrogen (secondary N) is 2. The molecule has 0 bridgehead atoms. The maximum Gasteiger partial charge on any atom is 0.414 e. The number of hydrogen-bond donors (Lipinski definition) is 3. The van der Waals surface area contributed by atoms with Crippen LogP contribution in [0.1, 0.15) is 23.0 Å². The monoisotopic (exact) mass is 546 g/mol. The van der Waals surface area contributed by atoms with E-state index in [2.05, 4.69) is 15.6 Å². The van der Waals surface area contributed by atoms with Gasteiger partial charge in [-0.15, -0.1) is 0 Å². The van der Waals surface area contributed by atoms with E-state index in [1.165, 1.54) is 16.0 Å². The minimum atomic E-state index is -1.29. The van der Waals surface area contributed by atoms with E-state index < -0.39 is 41.9 Å². The zero-order chi connectivity index (χ0) is 28.3. The zero-order valence-corrected chi connectivity index (χ0v) is 21.3. The van der Waals surface area contributed by atoms with Gasteiger partial charge >= 0.3 is 12.2 Å². The maximum absolute atomic E-state index is 15.1. The van der Waals surface area contributed by atoms with Crippen LogP contribution in [0, 0.1) is 18.6 Å². The molecule has 0 aliphatic carbocycles. The molecule has 2 fully saturated rings. The number of nitrogens with zero attached hydrogens (tertiary/aromatic N) is 4. The summed E-state index contributed by atoms with van der Waals surface area (Å²) in [5.41, 5.74) is 0.748. The highest BCUT2D eigenvalue weighted by molar-refractivity contribution is 5.97. The molecule has 2 saturated heterocycles. The van der Waals surface area contributed by atoms with Crippen LogP contribution in [-0.2, 0) is 9.53 Å². The van der Waals surface area contributed by atoms with Crippen LogP contribution >= 0.6 is 0 Å².